The predicted molar refractivity (Wildman–Crippen MR) is 100 cm³/mol. The van der Waals surface area contributed by atoms with Crippen LogP contribution in [0.25, 0.3) is 10.2 Å². The molecule has 128 valence electrons. The van der Waals surface area contributed by atoms with E-state index in [1.54, 1.807) is 0 Å². The lowest BCUT2D eigenvalue weighted by Crippen LogP contribution is -2.47. The van der Waals surface area contributed by atoms with Crippen molar-refractivity contribution in [3.05, 3.63) is 28.8 Å². The fraction of sp³-hybridized carbons (Fsp3) is 0.579. The number of aliphatic imine (C=N–C) groups is 1. The summed E-state index contributed by atoms with van der Waals surface area (Å²) >= 11 is 1.82. The molecule has 2 aliphatic heterocycles. The Morgan fingerprint density at radius 1 is 1.33 bits per heavy atom. The largest absolute Gasteiger partial charge is 0.378 e. The van der Waals surface area contributed by atoms with Crippen LogP contribution in [0.15, 0.2) is 23.2 Å². The molecule has 0 saturated carbocycles. The second-order valence-electron chi connectivity index (χ2n) is 7.14. The van der Waals surface area contributed by atoms with Gasteiger partial charge in [0, 0.05) is 25.2 Å². The van der Waals surface area contributed by atoms with Crippen molar-refractivity contribution in [3.8, 4) is 0 Å². The van der Waals surface area contributed by atoms with Crippen LogP contribution in [0.3, 0.4) is 0 Å². The van der Waals surface area contributed by atoms with Crippen molar-refractivity contribution in [1.82, 2.24) is 9.88 Å². The van der Waals surface area contributed by atoms with Gasteiger partial charge in [-0.3, -0.25) is 9.89 Å². The maximum absolute atomic E-state index is 5.27. The number of aromatic nitrogens is 1. The van der Waals surface area contributed by atoms with Gasteiger partial charge in [-0.15, -0.1) is 11.3 Å². The summed E-state index contributed by atoms with van der Waals surface area (Å²) in [6, 6.07) is 7.26. The number of benzene rings is 1. The molecule has 2 aliphatic rings. The molecule has 0 amide bonds. The Morgan fingerprint density at radius 2 is 2.21 bits per heavy atom. The molecular weight excluding hydrogens is 318 g/mol. The number of hydrogen-bond acceptors (Lipinski definition) is 5. The van der Waals surface area contributed by atoms with Gasteiger partial charge in [-0.1, -0.05) is 13.0 Å². The molecule has 0 unspecified atom stereocenters. The molecule has 0 N–H and O–H groups in total. The SMILES string of the molecule is C[C@H]1CCC(c2ccc3sc(CCN(C)C4COC4)nc3c2)=NC1. The molecule has 1 aromatic heterocycles. The zero-order valence-corrected chi connectivity index (χ0v) is 15.3. The summed E-state index contributed by atoms with van der Waals surface area (Å²) in [6.07, 6.45) is 3.36. The van der Waals surface area contributed by atoms with Gasteiger partial charge in [-0.25, -0.2) is 4.98 Å². The average Bonchev–Trinajstić information content (AvgIpc) is 2.94. The quantitative estimate of drug-likeness (QED) is 0.835. The summed E-state index contributed by atoms with van der Waals surface area (Å²) in [7, 11) is 2.18. The second-order valence-corrected chi connectivity index (χ2v) is 8.26. The number of fused-ring (bicyclic) bond motifs is 1. The Balaban J connectivity index is 1.46. The maximum Gasteiger partial charge on any atom is 0.0951 e. The zero-order valence-electron chi connectivity index (χ0n) is 14.5. The minimum atomic E-state index is 0.595. The Labute approximate surface area is 147 Å². The van der Waals surface area contributed by atoms with Gasteiger partial charge in [0.15, 0.2) is 0 Å². The van der Waals surface area contributed by atoms with Gasteiger partial charge in [0.2, 0.25) is 0 Å². The minimum Gasteiger partial charge on any atom is -0.378 e. The summed E-state index contributed by atoms with van der Waals surface area (Å²) in [5, 5.41) is 1.23. The maximum atomic E-state index is 5.27. The third kappa shape index (κ3) is 3.39. The van der Waals surface area contributed by atoms with Gasteiger partial charge >= 0.3 is 0 Å². The standard InChI is InChI=1S/C19H25N3OS/c1-13-3-5-16(20-10-13)14-4-6-18-17(9-14)21-19(24-18)7-8-22(2)15-11-23-12-15/h4,6,9,13,15H,3,5,7-8,10-12H2,1-2H3/t13-/m0/s1. The molecule has 0 aliphatic carbocycles. The molecule has 1 saturated heterocycles. The van der Waals surface area contributed by atoms with Crippen LogP contribution in [0, 0.1) is 5.92 Å². The number of rotatable bonds is 5. The van der Waals surface area contributed by atoms with Crippen LogP contribution in [-0.2, 0) is 11.2 Å². The first-order valence-electron chi connectivity index (χ1n) is 8.90. The van der Waals surface area contributed by atoms with E-state index >= 15 is 0 Å². The van der Waals surface area contributed by atoms with Crippen LogP contribution in [-0.4, -0.2) is 55.0 Å². The topological polar surface area (TPSA) is 37.7 Å². The normalized spacial score (nSPS) is 22.0. The lowest BCUT2D eigenvalue weighted by Gasteiger charge is -2.34. The summed E-state index contributed by atoms with van der Waals surface area (Å²) in [6.45, 7) is 6.04. The highest BCUT2D eigenvalue weighted by molar-refractivity contribution is 7.18. The zero-order chi connectivity index (χ0) is 16.5. The molecule has 4 rings (SSSR count). The fourth-order valence-electron chi connectivity index (χ4n) is 3.25. The summed E-state index contributed by atoms with van der Waals surface area (Å²) in [5.74, 6) is 0.724. The van der Waals surface area contributed by atoms with Crippen LogP contribution >= 0.6 is 11.3 Å². The summed E-state index contributed by atoms with van der Waals surface area (Å²) in [5.41, 5.74) is 3.65. The van der Waals surface area contributed by atoms with E-state index in [2.05, 4.69) is 37.1 Å². The van der Waals surface area contributed by atoms with Gasteiger partial charge in [0.25, 0.3) is 0 Å². The van der Waals surface area contributed by atoms with Crippen LogP contribution in [0.5, 0.6) is 0 Å². The Kier molecular flexibility index (Phi) is 4.66. The van der Waals surface area contributed by atoms with Crippen LogP contribution in [0.2, 0.25) is 0 Å². The monoisotopic (exact) mass is 343 g/mol. The molecule has 1 aromatic carbocycles. The van der Waals surface area contributed by atoms with E-state index in [-0.39, 0.29) is 0 Å². The molecule has 0 spiro atoms. The van der Waals surface area contributed by atoms with Gasteiger partial charge in [0.1, 0.15) is 0 Å². The van der Waals surface area contributed by atoms with Crippen LogP contribution in [0.1, 0.15) is 30.3 Å². The molecule has 4 nitrogen and oxygen atoms in total. The van der Waals surface area contributed by atoms with Gasteiger partial charge in [-0.05, 0) is 43.5 Å². The summed E-state index contributed by atoms with van der Waals surface area (Å²) in [4.78, 5) is 12.0. The minimum absolute atomic E-state index is 0.595. The fourth-order valence-corrected chi connectivity index (χ4v) is 4.19. The van der Waals surface area contributed by atoms with E-state index in [1.807, 2.05) is 11.3 Å². The first kappa shape index (κ1) is 16.2. The number of ether oxygens (including phenoxy) is 1. The smallest absolute Gasteiger partial charge is 0.0951 e. The van der Waals surface area contributed by atoms with E-state index in [9.17, 15) is 0 Å². The van der Waals surface area contributed by atoms with Crippen molar-refractivity contribution in [2.45, 2.75) is 32.2 Å². The molecule has 5 heteroatoms. The van der Waals surface area contributed by atoms with Gasteiger partial charge < -0.3 is 4.74 Å². The Morgan fingerprint density at radius 3 is 2.92 bits per heavy atom. The van der Waals surface area contributed by atoms with E-state index in [4.69, 9.17) is 14.7 Å². The molecule has 1 atom stereocenters. The molecule has 1 fully saturated rings. The van der Waals surface area contributed by atoms with Gasteiger partial charge in [-0.2, -0.15) is 0 Å². The molecule has 3 heterocycles. The molecule has 0 radical (unpaired) electrons. The lowest BCUT2D eigenvalue weighted by atomic mass is 9.96. The van der Waals surface area contributed by atoms with E-state index in [0.29, 0.717) is 6.04 Å². The lowest BCUT2D eigenvalue weighted by molar-refractivity contribution is -0.0555. The second kappa shape index (κ2) is 6.90. The van der Waals surface area contributed by atoms with Crippen molar-refractivity contribution in [2.75, 3.05) is 33.4 Å². The first-order chi connectivity index (χ1) is 11.7. The number of likely N-dealkylation sites (N-methyl/N-ethyl adjacent to an activating group) is 1. The Bertz CT molecular complexity index is 750. The van der Waals surface area contributed by atoms with Gasteiger partial charge in [0.05, 0.1) is 34.5 Å². The first-order valence-corrected chi connectivity index (χ1v) is 9.72. The van der Waals surface area contributed by atoms with Crippen molar-refractivity contribution >= 4 is 27.3 Å². The average molecular weight is 343 g/mol. The predicted octanol–water partition coefficient (Wildman–Crippen LogP) is 3.39. The van der Waals surface area contributed by atoms with E-state index in [1.165, 1.54) is 27.4 Å². The molecule has 24 heavy (non-hydrogen) atoms. The van der Waals surface area contributed by atoms with E-state index < -0.39 is 0 Å². The van der Waals surface area contributed by atoms with Crippen LogP contribution < -0.4 is 0 Å². The number of hydrogen-bond donors (Lipinski definition) is 0. The van der Waals surface area contributed by atoms with E-state index in [0.717, 1.165) is 50.6 Å². The highest BCUT2D eigenvalue weighted by Gasteiger charge is 2.22. The van der Waals surface area contributed by atoms with Crippen molar-refractivity contribution in [2.24, 2.45) is 10.9 Å². The molecule has 0 bridgehead atoms. The third-order valence-corrected chi connectivity index (χ3v) is 6.25. The van der Waals surface area contributed by atoms with Crippen molar-refractivity contribution < 1.29 is 4.74 Å². The molecule has 2 aromatic rings. The highest BCUT2D eigenvalue weighted by Crippen LogP contribution is 2.26. The Hall–Kier alpha value is -1.30. The number of nitrogens with zero attached hydrogens (tertiary/aromatic N) is 3. The van der Waals surface area contributed by atoms with Crippen molar-refractivity contribution in [1.29, 1.82) is 0 Å². The molecular formula is C19H25N3OS. The third-order valence-electron chi connectivity index (χ3n) is 5.16. The summed E-state index contributed by atoms with van der Waals surface area (Å²) < 4.78 is 6.55. The highest BCUT2D eigenvalue weighted by atomic mass is 32.1. The van der Waals surface area contributed by atoms with Crippen LogP contribution in [0.4, 0.5) is 0 Å². The van der Waals surface area contributed by atoms with Crippen molar-refractivity contribution in [3.63, 3.8) is 0 Å². The number of thiazole rings is 1.